The summed E-state index contributed by atoms with van der Waals surface area (Å²) in [6.07, 6.45) is 0. The third kappa shape index (κ3) is 1.81. The Morgan fingerprint density at radius 1 is 1.33 bits per heavy atom. The smallest absolute Gasteiger partial charge is 0.123 e. The highest BCUT2D eigenvalue weighted by atomic mass is 79.9. The summed E-state index contributed by atoms with van der Waals surface area (Å²) in [4.78, 5) is 0. The van der Waals surface area contributed by atoms with Crippen LogP contribution in [0.2, 0.25) is 0 Å². The molecule has 0 aliphatic rings. The quantitative estimate of drug-likeness (QED) is 0.732. The van der Waals surface area contributed by atoms with E-state index in [0.717, 1.165) is 11.1 Å². The summed E-state index contributed by atoms with van der Waals surface area (Å²) in [5.74, 6) is 0.388. The Hall–Kier alpha value is -0.500. The molecule has 66 valence electrons. The molecule has 1 N–H and O–H groups in total. The number of aromatic hydroxyl groups is 1. The second kappa shape index (κ2) is 3.09. The first kappa shape index (κ1) is 9.59. The van der Waals surface area contributed by atoms with Crippen LogP contribution in [0.25, 0.3) is 0 Å². The van der Waals surface area contributed by atoms with Crippen molar-refractivity contribution < 1.29 is 5.11 Å². The number of phenols is 1. The molecule has 0 spiro atoms. The van der Waals surface area contributed by atoms with Crippen LogP contribution in [0.3, 0.4) is 0 Å². The number of hydrogen-bond acceptors (Lipinski definition) is 1. The van der Waals surface area contributed by atoms with Crippen molar-refractivity contribution >= 4 is 15.9 Å². The minimum Gasteiger partial charge on any atom is -0.507 e. The first-order valence-corrected chi connectivity index (χ1v) is 4.70. The van der Waals surface area contributed by atoms with Gasteiger partial charge in [0.1, 0.15) is 5.75 Å². The molecule has 12 heavy (non-hydrogen) atoms. The Kier molecular flexibility index (Phi) is 2.47. The number of benzene rings is 1. The van der Waals surface area contributed by atoms with Crippen LogP contribution < -0.4 is 0 Å². The van der Waals surface area contributed by atoms with E-state index in [9.17, 15) is 5.11 Å². The van der Waals surface area contributed by atoms with Gasteiger partial charge in [0.15, 0.2) is 0 Å². The van der Waals surface area contributed by atoms with E-state index in [2.05, 4.69) is 15.9 Å². The summed E-state index contributed by atoms with van der Waals surface area (Å²) in [6, 6.07) is 5.78. The van der Waals surface area contributed by atoms with Gasteiger partial charge in [0.2, 0.25) is 0 Å². The lowest BCUT2D eigenvalue weighted by Gasteiger charge is -2.18. The summed E-state index contributed by atoms with van der Waals surface area (Å²) in [5, 5.41) is 9.70. The van der Waals surface area contributed by atoms with E-state index < -0.39 is 0 Å². The minimum absolute atomic E-state index is 0.164. The number of halogens is 1. The maximum absolute atomic E-state index is 9.70. The van der Waals surface area contributed by atoms with Crippen LogP contribution in [-0.2, 0) is 4.32 Å². The topological polar surface area (TPSA) is 20.2 Å². The van der Waals surface area contributed by atoms with Gasteiger partial charge in [-0.15, -0.1) is 0 Å². The molecular formula is C10H13BrO. The van der Waals surface area contributed by atoms with Crippen molar-refractivity contribution in [3.05, 3.63) is 29.3 Å². The summed E-state index contributed by atoms with van der Waals surface area (Å²) >= 11 is 3.51. The molecule has 1 rings (SSSR count). The standard InChI is InChI=1S/C10H13BrO/c1-7-5-4-6-8(9(7)12)10(2,3)11/h4-6,12H,1-3H3. The van der Waals surface area contributed by atoms with Gasteiger partial charge in [-0.1, -0.05) is 34.1 Å². The summed E-state index contributed by atoms with van der Waals surface area (Å²) in [5.41, 5.74) is 1.85. The van der Waals surface area contributed by atoms with E-state index in [4.69, 9.17) is 0 Å². The predicted octanol–water partition coefficient (Wildman–Crippen LogP) is 3.33. The molecule has 1 nitrogen and oxygen atoms in total. The van der Waals surface area contributed by atoms with Crippen LogP contribution in [0.5, 0.6) is 5.75 Å². The second-order valence-electron chi connectivity index (χ2n) is 3.44. The summed E-state index contributed by atoms with van der Waals surface area (Å²) in [7, 11) is 0. The molecule has 0 aliphatic heterocycles. The monoisotopic (exact) mass is 228 g/mol. The summed E-state index contributed by atoms with van der Waals surface area (Å²) < 4.78 is -0.164. The molecule has 0 aliphatic carbocycles. The highest BCUT2D eigenvalue weighted by Gasteiger charge is 2.20. The molecule has 0 unspecified atom stereocenters. The van der Waals surface area contributed by atoms with E-state index >= 15 is 0 Å². The first-order chi connectivity index (χ1) is 5.43. The van der Waals surface area contributed by atoms with Gasteiger partial charge in [0.25, 0.3) is 0 Å². The fourth-order valence-corrected chi connectivity index (χ4v) is 1.46. The molecule has 0 saturated heterocycles. The molecule has 2 heteroatoms. The van der Waals surface area contributed by atoms with Crippen molar-refractivity contribution in [3.63, 3.8) is 0 Å². The van der Waals surface area contributed by atoms with Gasteiger partial charge in [0, 0.05) is 9.89 Å². The normalized spacial score (nSPS) is 11.7. The first-order valence-electron chi connectivity index (χ1n) is 3.91. The van der Waals surface area contributed by atoms with Crippen molar-refractivity contribution in [2.45, 2.75) is 25.1 Å². The van der Waals surface area contributed by atoms with Crippen LogP contribution in [-0.4, -0.2) is 5.11 Å². The van der Waals surface area contributed by atoms with Crippen molar-refractivity contribution in [3.8, 4) is 5.75 Å². The molecule has 0 saturated carbocycles. The molecule has 0 amide bonds. The molecule has 0 radical (unpaired) electrons. The zero-order valence-electron chi connectivity index (χ0n) is 7.56. The minimum atomic E-state index is -0.164. The lowest BCUT2D eigenvalue weighted by molar-refractivity contribution is 0.458. The largest absolute Gasteiger partial charge is 0.507 e. The van der Waals surface area contributed by atoms with Gasteiger partial charge in [-0.3, -0.25) is 0 Å². The molecule has 0 atom stereocenters. The fourth-order valence-electron chi connectivity index (χ4n) is 1.14. The SMILES string of the molecule is Cc1cccc(C(C)(C)Br)c1O. The van der Waals surface area contributed by atoms with Crippen LogP contribution in [0, 0.1) is 6.92 Å². The highest BCUT2D eigenvalue weighted by molar-refractivity contribution is 9.09. The zero-order valence-corrected chi connectivity index (χ0v) is 9.14. The molecule has 0 heterocycles. The Balaban J connectivity index is 3.26. The Morgan fingerprint density at radius 3 is 2.33 bits per heavy atom. The third-order valence-corrected chi connectivity index (χ3v) is 2.31. The van der Waals surface area contributed by atoms with Crippen LogP contribution in [0.15, 0.2) is 18.2 Å². The van der Waals surface area contributed by atoms with E-state index in [0.29, 0.717) is 5.75 Å². The van der Waals surface area contributed by atoms with Crippen molar-refractivity contribution in [1.82, 2.24) is 0 Å². The second-order valence-corrected chi connectivity index (χ2v) is 5.43. The fraction of sp³-hybridized carbons (Fsp3) is 0.400. The van der Waals surface area contributed by atoms with E-state index in [1.165, 1.54) is 0 Å². The van der Waals surface area contributed by atoms with Crippen LogP contribution in [0.4, 0.5) is 0 Å². The number of para-hydroxylation sites is 1. The Bertz CT molecular complexity index is 286. The maximum atomic E-state index is 9.70. The van der Waals surface area contributed by atoms with Gasteiger partial charge in [-0.2, -0.15) is 0 Å². The lowest BCUT2D eigenvalue weighted by atomic mass is 9.99. The Labute approximate surface area is 81.6 Å². The molecular weight excluding hydrogens is 216 g/mol. The van der Waals surface area contributed by atoms with Crippen molar-refractivity contribution in [2.75, 3.05) is 0 Å². The van der Waals surface area contributed by atoms with Gasteiger partial charge < -0.3 is 5.11 Å². The zero-order chi connectivity index (χ0) is 9.35. The molecule has 1 aromatic rings. The number of hydrogen-bond donors (Lipinski definition) is 1. The average molecular weight is 229 g/mol. The van der Waals surface area contributed by atoms with Gasteiger partial charge >= 0.3 is 0 Å². The average Bonchev–Trinajstić information content (AvgIpc) is 1.92. The maximum Gasteiger partial charge on any atom is 0.123 e. The predicted molar refractivity (Wildman–Crippen MR) is 54.8 cm³/mol. The number of phenolic OH excluding ortho intramolecular Hbond substituents is 1. The number of alkyl halides is 1. The molecule has 0 aromatic heterocycles. The van der Waals surface area contributed by atoms with Gasteiger partial charge in [-0.25, -0.2) is 0 Å². The molecule has 1 aromatic carbocycles. The van der Waals surface area contributed by atoms with Crippen molar-refractivity contribution in [1.29, 1.82) is 0 Å². The van der Waals surface area contributed by atoms with Crippen molar-refractivity contribution in [2.24, 2.45) is 0 Å². The van der Waals surface area contributed by atoms with E-state index in [1.807, 2.05) is 39.0 Å². The van der Waals surface area contributed by atoms with E-state index in [-0.39, 0.29) is 4.32 Å². The molecule has 0 fully saturated rings. The molecule has 0 bridgehead atoms. The highest BCUT2D eigenvalue weighted by Crippen LogP contribution is 2.37. The number of aryl methyl sites for hydroxylation is 1. The number of rotatable bonds is 1. The lowest BCUT2D eigenvalue weighted by Crippen LogP contribution is -2.07. The third-order valence-electron chi connectivity index (χ3n) is 1.88. The van der Waals surface area contributed by atoms with Gasteiger partial charge in [0.05, 0.1) is 0 Å². The van der Waals surface area contributed by atoms with Crippen LogP contribution in [0.1, 0.15) is 25.0 Å². The summed E-state index contributed by atoms with van der Waals surface area (Å²) in [6.45, 7) is 5.93. The van der Waals surface area contributed by atoms with Crippen LogP contribution >= 0.6 is 15.9 Å². The van der Waals surface area contributed by atoms with E-state index in [1.54, 1.807) is 0 Å². The van der Waals surface area contributed by atoms with Gasteiger partial charge in [-0.05, 0) is 26.3 Å². The Morgan fingerprint density at radius 2 is 1.92 bits per heavy atom.